The van der Waals surface area contributed by atoms with Crippen molar-refractivity contribution in [3.8, 4) is 0 Å². The second-order valence-corrected chi connectivity index (χ2v) is 10.3. The van der Waals surface area contributed by atoms with Gasteiger partial charge in [0.15, 0.2) is 14.7 Å². The summed E-state index contributed by atoms with van der Waals surface area (Å²) in [6.07, 6.45) is -9.73. The first-order valence-electron chi connectivity index (χ1n) is 9.90. The van der Waals surface area contributed by atoms with Crippen molar-refractivity contribution >= 4 is 21.0 Å². The van der Waals surface area contributed by atoms with Crippen LogP contribution in [0.3, 0.4) is 0 Å². The van der Waals surface area contributed by atoms with Crippen LogP contribution in [0, 0.1) is 0 Å². The van der Waals surface area contributed by atoms with Crippen LogP contribution in [0.2, 0.25) is 0 Å². The molecule has 1 atom stereocenters. The summed E-state index contributed by atoms with van der Waals surface area (Å²) in [5, 5.41) is 8.31. The first kappa shape index (κ1) is 30.3. The summed E-state index contributed by atoms with van der Waals surface area (Å²) in [7, 11) is -4.24. The SMILES string of the molecule is CC(O)CS(=O)(=O)[O-].FC(F)=CC(F)(F)F.c1ccc([S+](c2ccccc2)c2ccccc2)cc1. The maximum atomic E-state index is 10.8. The van der Waals surface area contributed by atoms with Gasteiger partial charge >= 0.3 is 6.18 Å². The number of aliphatic hydroxyl groups is 1. The van der Waals surface area contributed by atoms with Gasteiger partial charge in [-0.1, -0.05) is 54.6 Å². The number of hydrogen-bond donors (Lipinski definition) is 1. The number of hydrogen-bond acceptors (Lipinski definition) is 4. The van der Waals surface area contributed by atoms with Crippen molar-refractivity contribution in [2.45, 2.75) is 33.9 Å². The number of alkyl halides is 3. The van der Waals surface area contributed by atoms with Crippen LogP contribution in [0.15, 0.2) is 118 Å². The summed E-state index contributed by atoms with van der Waals surface area (Å²) in [4.78, 5) is 4.08. The highest BCUT2D eigenvalue weighted by Gasteiger charge is 2.27. The van der Waals surface area contributed by atoms with E-state index < -0.39 is 40.3 Å². The van der Waals surface area contributed by atoms with Crippen molar-refractivity contribution in [3.05, 3.63) is 103 Å². The Bertz CT molecular complexity index is 1020. The van der Waals surface area contributed by atoms with Crippen LogP contribution in [-0.2, 0) is 21.0 Å². The zero-order valence-electron chi connectivity index (χ0n) is 18.4. The van der Waals surface area contributed by atoms with Gasteiger partial charge in [0.1, 0.15) is 0 Å². The molecule has 0 saturated carbocycles. The van der Waals surface area contributed by atoms with Crippen LogP contribution >= 0.6 is 0 Å². The fourth-order valence-electron chi connectivity index (χ4n) is 2.50. The zero-order chi connectivity index (χ0) is 26.5. The monoisotopic (exact) mass is 534 g/mol. The molecule has 0 heterocycles. The highest BCUT2D eigenvalue weighted by molar-refractivity contribution is 7.97. The first-order valence-corrected chi connectivity index (χ1v) is 12.7. The highest BCUT2D eigenvalue weighted by Crippen LogP contribution is 2.30. The van der Waals surface area contributed by atoms with Crippen LogP contribution in [0.4, 0.5) is 22.0 Å². The van der Waals surface area contributed by atoms with E-state index in [1.54, 1.807) is 0 Å². The van der Waals surface area contributed by atoms with Crippen molar-refractivity contribution in [2.24, 2.45) is 0 Å². The molecule has 0 radical (unpaired) electrons. The molecule has 11 heteroatoms. The van der Waals surface area contributed by atoms with E-state index in [1.165, 1.54) is 21.6 Å². The summed E-state index contributed by atoms with van der Waals surface area (Å²) in [5.74, 6) is -0.701. The molecule has 190 valence electrons. The second-order valence-electron chi connectivity index (χ2n) is 6.79. The predicted molar refractivity (Wildman–Crippen MR) is 124 cm³/mol. The number of halogens is 5. The predicted octanol–water partition coefficient (Wildman–Crippen LogP) is 6.02. The lowest BCUT2D eigenvalue weighted by Crippen LogP contribution is -2.16. The van der Waals surface area contributed by atoms with Gasteiger partial charge in [0.2, 0.25) is 0 Å². The van der Waals surface area contributed by atoms with Crippen LogP contribution in [-0.4, -0.2) is 36.1 Å². The van der Waals surface area contributed by atoms with Gasteiger partial charge < -0.3 is 9.66 Å². The van der Waals surface area contributed by atoms with Gasteiger partial charge in [0.05, 0.1) is 38.9 Å². The minimum atomic E-state index is -4.89. The third-order valence-corrected chi connectivity index (χ3v) is 6.78. The smallest absolute Gasteiger partial charge is 0.414 e. The maximum absolute atomic E-state index is 10.8. The van der Waals surface area contributed by atoms with E-state index >= 15 is 0 Å². The third kappa shape index (κ3) is 14.3. The van der Waals surface area contributed by atoms with Gasteiger partial charge in [0, 0.05) is 0 Å². The quantitative estimate of drug-likeness (QED) is 0.247. The molecule has 0 aliphatic carbocycles. The van der Waals surface area contributed by atoms with Crippen LogP contribution in [0.5, 0.6) is 0 Å². The molecule has 3 rings (SSSR count). The van der Waals surface area contributed by atoms with E-state index in [0.29, 0.717) is 0 Å². The van der Waals surface area contributed by atoms with E-state index in [1.807, 2.05) is 0 Å². The lowest BCUT2D eigenvalue weighted by atomic mass is 10.4. The largest absolute Gasteiger partial charge is 0.748 e. The second kappa shape index (κ2) is 14.6. The van der Waals surface area contributed by atoms with Gasteiger partial charge in [-0.05, 0) is 43.3 Å². The van der Waals surface area contributed by atoms with E-state index in [9.17, 15) is 34.9 Å². The first-order chi connectivity index (χ1) is 16.3. The number of benzene rings is 3. The Morgan fingerprint density at radius 3 is 1.31 bits per heavy atom. The Hall–Kier alpha value is -2.73. The topological polar surface area (TPSA) is 77.4 Å². The molecule has 1 unspecified atom stereocenters. The molecule has 0 aromatic heterocycles. The van der Waals surface area contributed by atoms with E-state index in [0.717, 1.165) is 0 Å². The maximum Gasteiger partial charge on any atom is 0.414 e. The average molecular weight is 535 g/mol. The van der Waals surface area contributed by atoms with Crippen LogP contribution < -0.4 is 0 Å². The molecule has 0 saturated heterocycles. The molecular weight excluding hydrogens is 511 g/mol. The summed E-state index contributed by atoms with van der Waals surface area (Å²) in [6, 6.07) is 32.2. The van der Waals surface area contributed by atoms with Crippen LogP contribution in [0.1, 0.15) is 6.92 Å². The Labute approximate surface area is 203 Å². The standard InChI is InChI=1S/C18H15S.C3HF5.C3H8O4S/c1-4-10-16(11-5-1)19(17-12-6-2-7-13-17)18-14-8-3-9-15-18;4-2(5)1-3(6,7)8;1-3(4)2-8(5,6)7/h1-15H;1H;3-4H,2H2,1H3,(H,5,6,7)/q+1;;/p-1. The Morgan fingerprint density at radius 2 is 1.17 bits per heavy atom. The molecule has 1 N–H and O–H groups in total. The average Bonchev–Trinajstić information content (AvgIpc) is 2.74. The van der Waals surface area contributed by atoms with Crippen molar-refractivity contribution < 1.29 is 40.0 Å². The summed E-state index contributed by atoms with van der Waals surface area (Å²) in [6.45, 7) is 1.25. The number of rotatable bonds is 5. The Morgan fingerprint density at radius 1 is 0.857 bits per heavy atom. The fraction of sp³-hybridized carbons (Fsp3) is 0.167. The van der Waals surface area contributed by atoms with Gasteiger partial charge in [-0.25, -0.2) is 8.42 Å². The van der Waals surface area contributed by atoms with Crippen molar-refractivity contribution in [1.29, 1.82) is 0 Å². The molecule has 4 nitrogen and oxygen atoms in total. The molecule has 0 amide bonds. The number of aliphatic hydroxyl groups excluding tert-OH is 1. The molecule has 0 fully saturated rings. The molecular formula is C24H23F5O4S2. The Kier molecular flexibility index (Phi) is 12.7. The summed E-state index contributed by atoms with van der Waals surface area (Å²) < 4.78 is 82.8. The minimum Gasteiger partial charge on any atom is -0.748 e. The molecule has 0 spiro atoms. The summed E-state index contributed by atoms with van der Waals surface area (Å²) in [5.41, 5.74) is 0. The molecule has 0 bridgehead atoms. The van der Waals surface area contributed by atoms with Crippen molar-refractivity contribution in [3.63, 3.8) is 0 Å². The molecule has 35 heavy (non-hydrogen) atoms. The van der Waals surface area contributed by atoms with Gasteiger partial charge in [-0.3, -0.25) is 0 Å². The molecule has 3 aromatic rings. The fourth-order valence-corrected chi connectivity index (χ4v) is 5.19. The van der Waals surface area contributed by atoms with Gasteiger partial charge in [0.25, 0.3) is 6.08 Å². The Balaban J connectivity index is 0.000000320. The molecule has 3 aromatic carbocycles. The molecule has 0 aliphatic rings. The normalized spacial score (nSPS) is 11.9. The zero-order valence-corrected chi connectivity index (χ0v) is 20.0. The van der Waals surface area contributed by atoms with Gasteiger partial charge in [-0.2, -0.15) is 22.0 Å². The molecule has 0 aliphatic heterocycles. The van der Waals surface area contributed by atoms with Crippen LogP contribution in [0.25, 0.3) is 0 Å². The summed E-state index contributed by atoms with van der Waals surface area (Å²) >= 11 is 0. The van der Waals surface area contributed by atoms with Crippen molar-refractivity contribution in [1.82, 2.24) is 0 Å². The highest BCUT2D eigenvalue weighted by atomic mass is 32.2. The number of allylic oxidation sites excluding steroid dienone is 1. The third-order valence-electron chi connectivity index (χ3n) is 3.65. The lowest BCUT2D eigenvalue weighted by molar-refractivity contribution is -0.0826. The van der Waals surface area contributed by atoms with E-state index in [4.69, 9.17) is 5.11 Å². The van der Waals surface area contributed by atoms with E-state index in [-0.39, 0.29) is 10.9 Å². The lowest BCUT2D eigenvalue weighted by Gasteiger charge is -2.07. The van der Waals surface area contributed by atoms with E-state index in [2.05, 4.69) is 91.0 Å². The minimum absolute atomic E-state index is 0.0146. The van der Waals surface area contributed by atoms with Crippen molar-refractivity contribution in [2.75, 3.05) is 5.75 Å². The van der Waals surface area contributed by atoms with Gasteiger partial charge in [-0.15, -0.1) is 0 Å².